The van der Waals surface area contributed by atoms with Crippen LogP contribution in [0.3, 0.4) is 0 Å². The van der Waals surface area contributed by atoms with Crippen molar-refractivity contribution in [1.82, 2.24) is 0 Å². The summed E-state index contributed by atoms with van der Waals surface area (Å²) < 4.78 is 5.09. The number of nitro groups is 1. The lowest BCUT2D eigenvalue weighted by atomic mass is 10.2. The van der Waals surface area contributed by atoms with Crippen molar-refractivity contribution in [2.75, 3.05) is 18.2 Å². The molecule has 0 spiro atoms. The quantitative estimate of drug-likeness (QED) is 0.640. The molecule has 0 heterocycles. The zero-order chi connectivity index (χ0) is 14.5. The van der Waals surface area contributed by atoms with Gasteiger partial charge in [0, 0.05) is 11.3 Å². The molecule has 1 aromatic carbocycles. The molecule has 0 radical (unpaired) electrons. The van der Waals surface area contributed by atoms with E-state index in [1.54, 1.807) is 18.2 Å². The molecule has 2 atom stereocenters. The standard InChI is InChI=1S/C14H20N2O3S/c1-3-20-11-8-7-10(9-11)15-12-5-4-6-13(19-2)14(12)16(17)18/h4-6,10-11,15H,3,7-9H2,1-2H3. The summed E-state index contributed by atoms with van der Waals surface area (Å²) >= 11 is 1.97. The number of thioether (sulfide) groups is 1. The summed E-state index contributed by atoms with van der Waals surface area (Å²) in [5.41, 5.74) is 0.586. The minimum atomic E-state index is -0.381. The average molecular weight is 296 g/mol. The summed E-state index contributed by atoms with van der Waals surface area (Å²) in [6, 6.07) is 5.46. The SMILES string of the molecule is CCSC1CCC(Nc2cccc(OC)c2[N+](=O)[O-])C1. The number of rotatable bonds is 6. The Bertz CT molecular complexity index is 481. The molecule has 6 heteroatoms. The first-order valence-corrected chi connectivity index (χ1v) is 7.90. The second kappa shape index (κ2) is 6.83. The van der Waals surface area contributed by atoms with Crippen molar-refractivity contribution < 1.29 is 9.66 Å². The molecule has 1 N–H and O–H groups in total. The van der Waals surface area contributed by atoms with Gasteiger partial charge in [-0.15, -0.1) is 0 Å². The third kappa shape index (κ3) is 3.36. The van der Waals surface area contributed by atoms with E-state index >= 15 is 0 Å². The zero-order valence-electron chi connectivity index (χ0n) is 11.8. The fraction of sp³-hybridized carbons (Fsp3) is 0.571. The maximum Gasteiger partial charge on any atom is 0.333 e. The topological polar surface area (TPSA) is 64.4 Å². The molecule has 1 aromatic rings. The summed E-state index contributed by atoms with van der Waals surface area (Å²) in [5, 5.41) is 15.2. The number of para-hydroxylation sites is 1. The van der Waals surface area contributed by atoms with Gasteiger partial charge in [-0.05, 0) is 37.1 Å². The predicted octanol–water partition coefficient (Wildman–Crippen LogP) is 3.69. The Morgan fingerprint density at radius 3 is 2.95 bits per heavy atom. The highest BCUT2D eigenvalue weighted by Gasteiger charge is 2.27. The summed E-state index contributed by atoms with van der Waals surface area (Å²) in [7, 11) is 1.45. The van der Waals surface area contributed by atoms with Gasteiger partial charge in [-0.25, -0.2) is 0 Å². The van der Waals surface area contributed by atoms with Gasteiger partial charge in [-0.2, -0.15) is 11.8 Å². The van der Waals surface area contributed by atoms with Gasteiger partial charge in [0.25, 0.3) is 0 Å². The van der Waals surface area contributed by atoms with Crippen LogP contribution in [0.4, 0.5) is 11.4 Å². The zero-order valence-corrected chi connectivity index (χ0v) is 12.6. The molecule has 0 bridgehead atoms. The molecule has 20 heavy (non-hydrogen) atoms. The first kappa shape index (κ1) is 15.0. The number of ether oxygens (including phenoxy) is 1. The van der Waals surface area contributed by atoms with Crippen LogP contribution in [0, 0.1) is 10.1 Å². The molecule has 2 rings (SSSR count). The number of benzene rings is 1. The number of nitrogens with one attached hydrogen (secondary N) is 1. The maximum absolute atomic E-state index is 11.2. The Labute approximate surface area is 123 Å². The van der Waals surface area contributed by atoms with E-state index in [-0.39, 0.29) is 10.6 Å². The highest BCUT2D eigenvalue weighted by Crippen LogP contribution is 2.37. The third-order valence-corrected chi connectivity index (χ3v) is 4.78. The van der Waals surface area contributed by atoms with Gasteiger partial charge in [0.1, 0.15) is 5.69 Å². The van der Waals surface area contributed by atoms with Crippen LogP contribution in [0.2, 0.25) is 0 Å². The van der Waals surface area contributed by atoms with E-state index in [4.69, 9.17) is 4.74 Å². The van der Waals surface area contributed by atoms with Crippen molar-refractivity contribution in [2.45, 2.75) is 37.5 Å². The molecule has 1 aliphatic rings. The number of hydrogen-bond donors (Lipinski definition) is 1. The number of nitro benzene ring substituents is 1. The summed E-state index contributed by atoms with van der Waals surface area (Å²) in [6.07, 6.45) is 3.30. The van der Waals surface area contributed by atoms with E-state index in [0.717, 1.165) is 18.6 Å². The minimum Gasteiger partial charge on any atom is -0.490 e. The van der Waals surface area contributed by atoms with Crippen LogP contribution in [-0.2, 0) is 0 Å². The Morgan fingerprint density at radius 1 is 1.50 bits per heavy atom. The molecule has 5 nitrogen and oxygen atoms in total. The van der Waals surface area contributed by atoms with Crippen LogP contribution in [0.25, 0.3) is 0 Å². The summed E-state index contributed by atoms with van der Waals surface area (Å²) in [4.78, 5) is 10.8. The van der Waals surface area contributed by atoms with Gasteiger partial charge in [-0.3, -0.25) is 10.1 Å². The Morgan fingerprint density at radius 2 is 2.30 bits per heavy atom. The number of hydrogen-bond acceptors (Lipinski definition) is 5. The molecule has 0 saturated heterocycles. The second-order valence-electron chi connectivity index (χ2n) is 4.85. The van der Waals surface area contributed by atoms with Crippen molar-refractivity contribution in [1.29, 1.82) is 0 Å². The van der Waals surface area contributed by atoms with Crippen molar-refractivity contribution in [3.63, 3.8) is 0 Å². The minimum absolute atomic E-state index is 0.0293. The second-order valence-corrected chi connectivity index (χ2v) is 6.42. The van der Waals surface area contributed by atoms with Gasteiger partial charge < -0.3 is 10.1 Å². The molecule has 0 aliphatic heterocycles. The highest BCUT2D eigenvalue weighted by molar-refractivity contribution is 7.99. The maximum atomic E-state index is 11.2. The molecule has 1 fully saturated rings. The fourth-order valence-corrected chi connectivity index (χ4v) is 3.81. The average Bonchev–Trinajstić information content (AvgIpc) is 2.86. The van der Waals surface area contributed by atoms with Crippen LogP contribution in [0.1, 0.15) is 26.2 Å². The molecule has 1 saturated carbocycles. The molecular weight excluding hydrogens is 276 g/mol. The first-order valence-electron chi connectivity index (χ1n) is 6.85. The van der Waals surface area contributed by atoms with Crippen molar-refractivity contribution >= 4 is 23.1 Å². The smallest absolute Gasteiger partial charge is 0.333 e. The monoisotopic (exact) mass is 296 g/mol. The molecule has 110 valence electrons. The first-order chi connectivity index (χ1) is 9.65. The molecule has 1 aliphatic carbocycles. The van der Waals surface area contributed by atoms with Gasteiger partial charge in [0.15, 0.2) is 5.75 Å². The van der Waals surface area contributed by atoms with Gasteiger partial charge >= 0.3 is 5.69 Å². The highest BCUT2D eigenvalue weighted by atomic mass is 32.2. The predicted molar refractivity (Wildman–Crippen MR) is 82.8 cm³/mol. The number of methoxy groups -OCH3 is 1. The van der Waals surface area contributed by atoms with Crippen LogP contribution in [0.15, 0.2) is 18.2 Å². The Balaban J connectivity index is 2.12. The summed E-state index contributed by atoms with van der Waals surface area (Å²) in [5.74, 6) is 1.42. The number of nitrogens with zero attached hydrogens (tertiary/aromatic N) is 1. The van der Waals surface area contributed by atoms with Crippen molar-refractivity contribution in [2.24, 2.45) is 0 Å². The van der Waals surface area contributed by atoms with Gasteiger partial charge in [0.05, 0.1) is 12.0 Å². The Kier molecular flexibility index (Phi) is 5.11. The van der Waals surface area contributed by atoms with Crippen molar-refractivity contribution in [3.8, 4) is 5.75 Å². The van der Waals surface area contributed by atoms with Gasteiger partial charge in [-0.1, -0.05) is 13.0 Å². The van der Waals surface area contributed by atoms with Gasteiger partial charge in [0.2, 0.25) is 0 Å². The van der Waals surface area contributed by atoms with Crippen LogP contribution >= 0.6 is 11.8 Å². The number of anilines is 1. The van der Waals surface area contributed by atoms with E-state index in [9.17, 15) is 10.1 Å². The largest absolute Gasteiger partial charge is 0.490 e. The molecular formula is C14H20N2O3S. The molecule has 2 unspecified atom stereocenters. The van der Waals surface area contributed by atoms with Crippen LogP contribution in [-0.4, -0.2) is 29.1 Å². The normalized spacial score (nSPS) is 21.7. The van der Waals surface area contributed by atoms with E-state index in [0.29, 0.717) is 22.7 Å². The van der Waals surface area contributed by atoms with Crippen LogP contribution < -0.4 is 10.1 Å². The Hall–Kier alpha value is -1.43. The van der Waals surface area contributed by atoms with E-state index < -0.39 is 0 Å². The third-order valence-electron chi connectivity index (χ3n) is 3.55. The lowest BCUT2D eigenvalue weighted by molar-refractivity contribution is -0.384. The molecule has 0 aromatic heterocycles. The summed E-state index contributed by atoms with van der Waals surface area (Å²) in [6.45, 7) is 2.17. The van der Waals surface area contributed by atoms with E-state index in [1.807, 2.05) is 11.8 Å². The van der Waals surface area contributed by atoms with E-state index in [2.05, 4.69) is 12.2 Å². The fourth-order valence-electron chi connectivity index (χ4n) is 2.67. The van der Waals surface area contributed by atoms with Crippen LogP contribution in [0.5, 0.6) is 5.75 Å². The van der Waals surface area contributed by atoms with E-state index in [1.165, 1.54) is 13.5 Å². The molecule has 0 amide bonds. The lowest BCUT2D eigenvalue weighted by Gasteiger charge is -2.15. The van der Waals surface area contributed by atoms with Crippen molar-refractivity contribution in [3.05, 3.63) is 28.3 Å². The lowest BCUT2D eigenvalue weighted by Crippen LogP contribution is -2.17.